The van der Waals surface area contributed by atoms with Gasteiger partial charge < -0.3 is 14.6 Å². The van der Waals surface area contributed by atoms with Gasteiger partial charge in [-0.2, -0.15) is 0 Å². The summed E-state index contributed by atoms with van der Waals surface area (Å²) >= 11 is 5.84. The quantitative estimate of drug-likeness (QED) is 0.280. The summed E-state index contributed by atoms with van der Waals surface area (Å²) < 4.78 is 12.9. The molecule has 0 atom stereocenters. The number of carboxylic acid groups (broad SMARTS) is 1. The number of benzene rings is 2. The molecule has 0 aliphatic carbocycles. The number of nitrogens with zero attached hydrogens (tertiary/aromatic N) is 2. The first-order valence-electron chi connectivity index (χ1n) is 10.7. The van der Waals surface area contributed by atoms with Gasteiger partial charge in [0, 0.05) is 22.7 Å². The third-order valence-corrected chi connectivity index (χ3v) is 5.70. The van der Waals surface area contributed by atoms with E-state index in [0.717, 1.165) is 10.9 Å². The number of aliphatic carboxylic acids is 1. The highest BCUT2D eigenvalue weighted by Gasteiger charge is 2.22. The Morgan fingerprint density at radius 3 is 2.50 bits per heavy atom. The van der Waals surface area contributed by atoms with Crippen molar-refractivity contribution >= 4 is 34.4 Å². The fourth-order valence-corrected chi connectivity index (χ4v) is 4.09. The zero-order valence-corrected chi connectivity index (χ0v) is 19.5. The number of hydrogen-bond donors (Lipinski definition) is 1. The summed E-state index contributed by atoms with van der Waals surface area (Å²) in [7, 11) is 0. The average Bonchev–Trinajstić information content (AvgIpc) is 3.07. The van der Waals surface area contributed by atoms with Crippen LogP contribution in [0.25, 0.3) is 10.9 Å². The Morgan fingerprint density at radius 1 is 1.00 bits per heavy atom. The van der Waals surface area contributed by atoms with Gasteiger partial charge >= 0.3 is 5.97 Å². The number of hydrogen-bond acceptors (Lipinski definition) is 5. The molecule has 2 heterocycles. The third kappa shape index (κ3) is 4.89. The second-order valence-corrected chi connectivity index (χ2v) is 8.15. The molecule has 0 saturated carbocycles. The number of carbonyl (C=O) groups excluding carboxylic acids is 1. The number of halogens is 1. The molecule has 0 spiro atoms. The lowest BCUT2D eigenvalue weighted by atomic mass is 10.1. The highest BCUT2D eigenvalue weighted by Crippen LogP contribution is 2.28. The van der Waals surface area contributed by atoms with Crippen LogP contribution >= 0.6 is 11.6 Å². The van der Waals surface area contributed by atoms with Gasteiger partial charge in [0.2, 0.25) is 5.88 Å². The maximum absolute atomic E-state index is 13.5. The van der Waals surface area contributed by atoms with Crippen molar-refractivity contribution in [2.24, 2.45) is 0 Å². The van der Waals surface area contributed by atoms with Crippen molar-refractivity contribution in [1.29, 1.82) is 0 Å². The summed E-state index contributed by atoms with van der Waals surface area (Å²) in [6.07, 6.45) is -0.148. The SMILES string of the molecule is Cc1cc(OCCOc2cccc(Cl)n2)ccc1C(=O)n1c(C)c(CC(=O)O)c2ccccc21. The van der Waals surface area contributed by atoms with Crippen LogP contribution in [0.15, 0.2) is 60.7 Å². The third-order valence-electron chi connectivity index (χ3n) is 5.49. The first kappa shape index (κ1) is 23.3. The molecule has 2 aromatic heterocycles. The Morgan fingerprint density at radius 2 is 1.76 bits per heavy atom. The van der Waals surface area contributed by atoms with Gasteiger partial charge in [-0.1, -0.05) is 35.9 Å². The van der Waals surface area contributed by atoms with Crippen LogP contribution in [-0.2, 0) is 11.2 Å². The molecule has 0 saturated heterocycles. The number of fused-ring (bicyclic) bond motifs is 1. The minimum Gasteiger partial charge on any atom is -0.490 e. The fraction of sp³-hybridized carbons (Fsp3) is 0.192. The first-order valence-corrected chi connectivity index (χ1v) is 11.1. The average molecular weight is 479 g/mol. The van der Waals surface area contributed by atoms with Crippen molar-refractivity contribution in [3.8, 4) is 11.6 Å². The van der Waals surface area contributed by atoms with Crippen molar-refractivity contribution in [3.63, 3.8) is 0 Å². The van der Waals surface area contributed by atoms with E-state index in [1.807, 2.05) is 31.2 Å². The van der Waals surface area contributed by atoms with Crippen LogP contribution in [0.2, 0.25) is 5.15 Å². The first-order chi connectivity index (χ1) is 16.3. The summed E-state index contributed by atoms with van der Waals surface area (Å²) in [5.41, 5.74) is 3.21. The van der Waals surface area contributed by atoms with E-state index in [9.17, 15) is 14.7 Å². The number of rotatable bonds is 8. The predicted octanol–water partition coefficient (Wildman–Crippen LogP) is 5.08. The van der Waals surface area contributed by atoms with Crippen LogP contribution in [-0.4, -0.2) is 39.7 Å². The molecular weight excluding hydrogens is 456 g/mol. The maximum atomic E-state index is 13.5. The van der Waals surface area contributed by atoms with E-state index in [1.165, 1.54) is 0 Å². The van der Waals surface area contributed by atoms with E-state index >= 15 is 0 Å². The summed E-state index contributed by atoms with van der Waals surface area (Å²) in [4.78, 5) is 28.9. The Kier molecular flexibility index (Phi) is 6.84. The van der Waals surface area contributed by atoms with Crippen molar-refractivity contribution in [2.75, 3.05) is 13.2 Å². The van der Waals surface area contributed by atoms with Gasteiger partial charge in [-0.25, -0.2) is 4.98 Å². The van der Waals surface area contributed by atoms with Crippen molar-refractivity contribution in [3.05, 3.63) is 88.2 Å². The molecule has 174 valence electrons. The molecule has 0 unspecified atom stereocenters. The van der Waals surface area contributed by atoms with Crippen LogP contribution in [0.4, 0.5) is 0 Å². The van der Waals surface area contributed by atoms with Crippen LogP contribution in [0.5, 0.6) is 11.6 Å². The van der Waals surface area contributed by atoms with Crippen LogP contribution < -0.4 is 9.47 Å². The van der Waals surface area contributed by atoms with Gasteiger partial charge in [0.25, 0.3) is 5.91 Å². The lowest BCUT2D eigenvalue weighted by molar-refractivity contribution is -0.136. The number of pyridine rings is 1. The normalized spacial score (nSPS) is 10.9. The molecule has 2 aromatic carbocycles. The zero-order valence-electron chi connectivity index (χ0n) is 18.7. The Bertz CT molecular complexity index is 1380. The number of ether oxygens (including phenoxy) is 2. The van der Waals surface area contributed by atoms with Crippen LogP contribution in [0.1, 0.15) is 27.2 Å². The largest absolute Gasteiger partial charge is 0.490 e. The fourth-order valence-electron chi connectivity index (χ4n) is 3.93. The van der Waals surface area contributed by atoms with E-state index in [-0.39, 0.29) is 18.9 Å². The molecule has 8 heteroatoms. The molecule has 4 rings (SSSR count). The number of para-hydroxylation sites is 1. The molecule has 0 radical (unpaired) electrons. The van der Waals surface area contributed by atoms with Crippen LogP contribution in [0.3, 0.4) is 0 Å². The Hall–Kier alpha value is -3.84. The molecule has 0 amide bonds. The van der Waals surface area contributed by atoms with E-state index < -0.39 is 5.97 Å². The van der Waals surface area contributed by atoms with Crippen molar-refractivity contribution in [2.45, 2.75) is 20.3 Å². The molecule has 0 fully saturated rings. The highest BCUT2D eigenvalue weighted by atomic mass is 35.5. The monoisotopic (exact) mass is 478 g/mol. The summed E-state index contributed by atoms with van der Waals surface area (Å²) in [6, 6.07) is 17.7. The van der Waals surface area contributed by atoms with Gasteiger partial charge in [0.15, 0.2) is 0 Å². The minimum atomic E-state index is -0.939. The maximum Gasteiger partial charge on any atom is 0.307 e. The van der Waals surface area contributed by atoms with E-state index in [4.69, 9.17) is 21.1 Å². The number of carbonyl (C=O) groups is 2. The van der Waals surface area contributed by atoms with Gasteiger partial charge in [0.05, 0.1) is 11.9 Å². The molecule has 34 heavy (non-hydrogen) atoms. The summed E-state index contributed by atoms with van der Waals surface area (Å²) in [5.74, 6) is -0.127. The van der Waals surface area contributed by atoms with E-state index in [1.54, 1.807) is 47.9 Å². The lowest BCUT2D eigenvalue weighted by Crippen LogP contribution is -2.16. The molecule has 1 N–H and O–H groups in total. The van der Waals surface area contributed by atoms with Gasteiger partial charge in [0.1, 0.15) is 24.1 Å². The van der Waals surface area contributed by atoms with Gasteiger partial charge in [-0.3, -0.25) is 14.2 Å². The highest BCUT2D eigenvalue weighted by molar-refractivity contribution is 6.29. The molecule has 0 bridgehead atoms. The van der Waals surface area contributed by atoms with Crippen LogP contribution in [0, 0.1) is 13.8 Å². The Balaban J connectivity index is 1.51. The van der Waals surface area contributed by atoms with Crippen molar-refractivity contribution in [1.82, 2.24) is 9.55 Å². The summed E-state index contributed by atoms with van der Waals surface area (Å²) in [6.45, 7) is 4.19. The number of aryl methyl sites for hydroxylation is 1. The van der Waals surface area contributed by atoms with Gasteiger partial charge in [-0.15, -0.1) is 0 Å². The topological polar surface area (TPSA) is 90.7 Å². The smallest absolute Gasteiger partial charge is 0.307 e. The molecular formula is C26H23ClN2O5. The molecule has 0 aliphatic rings. The molecule has 7 nitrogen and oxygen atoms in total. The Labute approximate surface area is 201 Å². The standard InChI is InChI=1S/C26H23ClN2O5/c1-16-14-18(33-12-13-34-24-9-5-8-23(27)28-24)10-11-19(16)26(32)29-17(2)21(15-25(30)31)20-6-3-4-7-22(20)29/h3-11,14H,12-13,15H2,1-2H3,(H,30,31). The zero-order chi connectivity index (χ0) is 24.2. The lowest BCUT2D eigenvalue weighted by Gasteiger charge is -2.12. The van der Waals surface area contributed by atoms with Crippen molar-refractivity contribution < 1.29 is 24.2 Å². The van der Waals surface area contributed by atoms with E-state index in [0.29, 0.717) is 45.7 Å². The molecule has 4 aromatic rings. The second-order valence-electron chi connectivity index (χ2n) is 7.76. The second kappa shape index (κ2) is 9.97. The van der Waals surface area contributed by atoms with Gasteiger partial charge in [-0.05, 0) is 55.3 Å². The predicted molar refractivity (Wildman–Crippen MR) is 129 cm³/mol. The summed E-state index contributed by atoms with van der Waals surface area (Å²) in [5, 5.41) is 10.5. The number of carboxylic acids is 1. The number of aromatic nitrogens is 2. The van der Waals surface area contributed by atoms with E-state index in [2.05, 4.69) is 4.98 Å². The minimum absolute atomic E-state index is 0.148. The molecule has 0 aliphatic heterocycles.